The molecule has 606 valence electrons. The van der Waals surface area contributed by atoms with E-state index in [0.717, 1.165) is 102 Å². The minimum absolute atomic E-state index is 0.107. The lowest BCUT2D eigenvalue weighted by Gasteiger charge is -2.21. The molecule has 0 bridgehead atoms. The van der Waals surface area contributed by atoms with Gasteiger partial charge < -0.3 is 33.8 Å². The molecule has 0 aromatic heterocycles. The number of aliphatic hydroxyl groups excluding tert-OH is 1. The maximum atomic E-state index is 13.1. The van der Waals surface area contributed by atoms with Crippen LogP contribution in [0.1, 0.15) is 440 Å². The second-order valence-electron chi connectivity index (χ2n) is 30.6. The highest BCUT2D eigenvalue weighted by Crippen LogP contribution is 2.45. The molecule has 0 amide bonds. The van der Waals surface area contributed by atoms with Gasteiger partial charge in [0.1, 0.15) is 19.3 Å². The number of esters is 4. The van der Waals surface area contributed by atoms with Crippen molar-refractivity contribution in [2.75, 3.05) is 39.6 Å². The Kier molecular flexibility index (Phi) is 73.1. The summed E-state index contributed by atoms with van der Waals surface area (Å²) < 4.78 is 68.8. The average molecular weight is 1490 g/mol. The van der Waals surface area contributed by atoms with Crippen molar-refractivity contribution in [3.63, 3.8) is 0 Å². The Hall–Kier alpha value is -1.94. The van der Waals surface area contributed by atoms with Gasteiger partial charge >= 0.3 is 39.5 Å². The molecule has 0 aliphatic carbocycles. The van der Waals surface area contributed by atoms with Gasteiger partial charge in [-0.2, -0.15) is 0 Å². The molecule has 0 aromatic carbocycles. The van der Waals surface area contributed by atoms with Crippen molar-refractivity contribution in [2.24, 2.45) is 11.8 Å². The molecule has 17 nitrogen and oxygen atoms in total. The van der Waals surface area contributed by atoms with Gasteiger partial charge in [0, 0.05) is 25.7 Å². The van der Waals surface area contributed by atoms with Gasteiger partial charge in [-0.05, 0) is 37.5 Å². The molecular formula is C83H162O17P2. The van der Waals surface area contributed by atoms with Crippen molar-refractivity contribution >= 4 is 39.5 Å². The summed E-state index contributed by atoms with van der Waals surface area (Å²) in [4.78, 5) is 73.1. The van der Waals surface area contributed by atoms with E-state index in [1.165, 1.54) is 257 Å². The molecular weight excluding hydrogens is 1330 g/mol. The molecule has 3 N–H and O–H groups in total. The van der Waals surface area contributed by atoms with Gasteiger partial charge in [-0.1, -0.05) is 388 Å². The van der Waals surface area contributed by atoms with Gasteiger partial charge in [0.05, 0.1) is 26.4 Å². The molecule has 0 aromatic rings. The van der Waals surface area contributed by atoms with Crippen LogP contribution in [-0.2, 0) is 65.4 Å². The summed E-state index contributed by atoms with van der Waals surface area (Å²) in [5, 5.41) is 10.7. The zero-order valence-corrected chi connectivity index (χ0v) is 68.7. The van der Waals surface area contributed by atoms with E-state index in [0.29, 0.717) is 25.7 Å². The first-order chi connectivity index (χ1) is 49.4. The van der Waals surface area contributed by atoms with Crippen molar-refractivity contribution in [1.29, 1.82) is 0 Å². The molecule has 19 heteroatoms. The van der Waals surface area contributed by atoms with Crippen molar-refractivity contribution in [1.82, 2.24) is 0 Å². The summed E-state index contributed by atoms with van der Waals surface area (Å²) in [6.45, 7) is 9.71. The quantitative estimate of drug-likeness (QED) is 0.0222. The number of phosphoric ester groups is 2. The third kappa shape index (κ3) is 74.9. The first-order valence-electron chi connectivity index (χ1n) is 43.0. The Morgan fingerprint density at radius 1 is 0.284 bits per heavy atom. The molecule has 0 fully saturated rings. The van der Waals surface area contributed by atoms with Crippen LogP contribution in [-0.4, -0.2) is 96.7 Å². The van der Waals surface area contributed by atoms with Crippen molar-refractivity contribution in [3.05, 3.63) is 0 Å². The van der Waals surface area contributed by atoms with Crippen LogP contribution >= 0.6 is 15.6 Å². The Morgan fingerprint density at radius 2 is 0.500 bits per heavy atom. The lowest BCUT2D eigenvalue weighted by atomic mass is 9.99. The first-order valence-corrected chi connectivity index (χ1v) is 46.0. The van der Waals surface area contributed by atoms with Crippen molar-refractivity contribution < 1.29 is 80.2 Å². The fourth-order valence-corrected chi connectivity index (χ4v) is 14.4. The fraction of sp³-hybridized carbons (Fsp3) is 0.952. The number of carbonyl (C=O) groups is 4. The highest BCUT2D eigenvalue weighted by Gasteiger charge is 2.30. The molecule has 0 spiro atoms. The zero-order valence-electron chi connectivity index (χ0n) is 66.9. The SMILES string of the molecule is CCCCCCCCCCCCCCCCCCCCCC(=O)O[C@H](COC(=O)CCCCCCCCCCCCCCCCC(C)CC)COP(=O)(O)OC[C@@H](O)COP(=O)(O)OC[C@@H](COC(=O)CCCCCCCCCCCC)OC(=O)CCCCCCCCCCCCCCC(C)C. The summed E-state index contributed by atoms with van der Waals surface area (Å²) in [6.07, 6.45) is 65.1. The lowest BCUT2D eigenvalue weighted by Crippen LogP contribution is -2.30. The Balaban J connectivity index is 5.24. The standard InChI is InChI=1S/C83H162O17P2/c1-7-10-12-14-16-18-20-21-22-23-24-25-26-31-37-43-49-55-61-67-82(87)100-79(72-94-81(86)66-60-54-48-42-36-30-28-27-29-35-40-46-52-58-64-76(6)9-3)74-98-102(91,92)96-70-77(84)69-95-101(89,90)97-73-78(71-93-80(85)65-59-53-47-41-19-17-15-13-11-8-2)99-83(88)68-62-56-50-44-38-33-32-34-39-45-51-57-63-75(4)5/h75-79,84H,7-74H2,1-6H3,(H,89,90)(H,91,92)/t76?,77-,78+,79+/m0/s1. The largest absolute Gasteiger partial charge is 0.472 e. The van der Waals surface area contributed by atoms with Crippen LogP contribution in [0.3, 0.4) is 0 Å². The summed E-state index contributed by atoms with van der Waals surface area (Å²) in [5.74, 6) is -0.478. The van der Waals surface area contributed by atoms with Gasteiger partial charge in [0.25, 0.3) is 0 Å². The van der Waals surface area contributed by atoms with E-state index < -0.39 is 97.5 Å². The number of phosphoric acid groups is 2. The second kappa shape index (κ2) is 74.5. The maximum Gasteiger partial charge on any atom is 0.472 e. The molecule has 0 heterocycles. The fourth-order valence-electron chi connectivity index (χ4n) is 12.9. The highest BCUT2D eigenvalue weighted by molar-refractivity contribution is 7.47. The molecule has 0 radical (unpaired) electrons. The Labute approximate surface area is 626 Å². The van der Waals surface area contributed by atoms with Crippen LogP contribution < -0.4 is 0 Å². The lowest BCUT2D eigenvalue weighted by molar-refractivity contribution is -0.161. The van der Waals surface area contributed by atoms with E-state index in [1.54, 1.807) is 0 Å². The molecule has 0 rings (SSSR count). The van der Waals surface area contributed by atoms with Crippen LogP contribution in [0.2, 0.25) is 0 Å². The van der Waals surface area contributed by atoms with Gasteiger partial charge in [-0.3, -0.25) is 37.3 Å². The van der Waals surface area contributed by atoms with Crippen LogP contribution in [0.4, 0.5) is 0 Å². The molecule has 102 heavy (non-hydrogen) atoms. The summed E-state index contributed by atoms with van der Waals surface area (Å²) in [7, 11) is -9.92. The zero-order chi connectivity index (χ0) is 74.9. The van der Waals surface area contributed by atoms with Crippen LogP contribution in [0.25, 0.3) is 0 Å². The summed E-state index contributed by atoms with van der Waals surface area (Å²) >= 11 is 0. The smallest absolute Gasteiger partial charge is 0.462 e. The first kappa shape index (κ1) is 100. The Bertz CT molecular complexity index is 1960. The van der Waals surface area contributed by atoms with Crippen LogP contribution in [0.5, 0.6) is 0 Å². The number of aliphatic hydroxyl groups is 1. The van der Waals surface area contributed by atoms with Gasteiger partial charge in [0.15, 0.2) is 12.2 Å². The highest BCUT2D eigenvalue weighted by atomic mass is 31.2. The third-order valence-corrected chi connectivity index (χ3v) is 21.7. The molecule has 0 saturated heterocycles. The predicted octanol–water partition coefficient (Wildman–Crippen LogP) is 25.1. The Morgan fingerprint density at radius 3 is 0.745 bits per heavy atom. The van der Waals surface area contributed by atoms with Crippen molar-refractivity contribution in [3.8, 4) is 0 Å². The molecule has 0 aliphatic rings. The van der Waals surface area contributed by atoms with Crippen molar-refractivity contribution in [2.45, 2.75) is 458 Å². The predicted molar refractivity (Wildman–Crippen MR) is 418 cm³/mol. The van der Waals surface area contributed by atoms with E-state index in [2.05, 4.69) is 41.5 Å². The van der Waals surface area contributed by atoms with Gasteiger partial charge in [-0.25, -0.2) is 9.13 Å². The number of ether oxygens (including phenoxy) is 4. The molecule has 0 aliphatic heterocycles. The number of unbranched alkanes of at least 4 members (excludes halogenated alkanes) is 51. The number of rotatable bonds is 82. The normalized spacial score (nSPS) is 14.1. The van der Waals surface area contributed by atoms with E-state index >= 15 is 0 Å². The minimum atomic E-state index is -4.96. The average Bonchev–Trinajstić information content (AvgIpc) is 0.907. The molecule has 6 atom stereocenters. The van der Waals surface area contributed by atoms with E-state index in [1.807, 2.05) is 0 Å². The molecule has 0 saturated carbocycles. The molecule has 3 unspecified atom stereocenters. The topological polar surface area (TPSA) is 237 Å². The second-order valence-corrected chi connectivity index (χ2v) is 33.5. The van der Waals surface area contributed by atoms with E-state index in [4.69, 9.17) is 37.0 Å². The number of hydrogen-bond donors (Lipinski definition) is 3. The monoisotopic (exact) mass is 1490 g/mol. The van der Waals surface area contributed by atoms with Gasteiger partial charge in [-0.15, -0.1) is 0 Å². The maximum absolute atomic E-state index is 13.1. The number of carbonyl (C=O) groups excluding carboxylic acids is 4. The minimum Gasteiger partial charge on any atom is -0.462 e. The van der Waals surface area contributed by atoms with Crippen LogP contribution in [0, 0.1) is 11.8 Å². The van der Waals surface area contributed by atoms with Crippen LogP contribution in [0.15, 0.2) is 0 Å². The third-order valence-electron chi connectivity index (χ3n) is 19.8. The van der Waals surface area contributed by atoms with E-state index in [-0.39, 0.29) is 25.7 Å². The van der Waals surface area contributed by atoms with Gasteiger partial charge in [0.2, 0.25) is 0 Å². The summed E-state index contributed by atoms with van der Waals surface area (Å²) in [6, 6.07) is 0. The summed E-state index contributed by atoms with van der Waals surface area (Å²) in [5.41, 5.74) is 0. The van der Waals surface area contributed by atoms with E-state index in [9.17, 15) is 43.2 Å². The number of hydrogen-bond acceptors (Lipinski definition) is 15.